The Hall–Kier alpha value is -2.02. The van der Waals surface area contributed by atoms with Gasteiger partial charge in [0.25, 0.3) is 5.91 Å². The van der Waals surface area contributed by atoms with E-state index in [2.05, 4.69) is 10.3 Å². The van der Waals surface area contributed by atoms with Crippen molar-refractivity contribution in [2.45, 2.75) is 25.7 Å². The topological polar surface area (TPSA) is 65.0 Å². The van der Waals surface area contributed by atoms with E-state index in [0.717, 1.165) is 16.5 Å². The highest BCUT2D eigenvalue weighted by atomic mass is 32.2. The average molecular weight is 318 g/mol. The standard InChI is InChI=1S/C15H18N4O2S/c1-3-22-15-16-12-11(13(20)17-14(21)18(12)2)19(15)9-10-7-5-4-6-8-10/h4-8,11-12H,3,9H2,1-2H3,(H,17,20,21). The number of imide groups is 1. The molecule has 1 fully saturated rings. The number of nitrogens with zero attached hydrogens (tertiary/aromatic N) is 3. The van der Waals surface area contributed by atoms with Crippen molar-refractivity contribution in [1.82, 2.24) is 15.1 Å². The van der Waals surface area contributed by atoms with Crippen LogP contribution >= 0.6 is 11.8 Å². The molecule has 3 amide bonds. The van der Waals surface area contributed by atoms with E-state index in [1.54, 1.807) is 18.8 Å². The van der Waals surface area contributed by atoms with E-state index in [0.29, 0.717) is 6.54 Å². The Kier molecular flexibility index (Phi) is 4.06. The molecular weight excluding hydrogens is 300 g/mol. The zero-order valence-corrected chi connectivity index (χ0v) is 13.3. The molecular formula is C15H18N4O2S. The lowest BCUT2D eigenvalue weighted by Gasteiger charge is -2.36. The first kappa shape index (κ1) is 14.9. The van der Waals surface area contributed by atoms with Gasteiger partial charge in [-0.25, -0.2) is 9.79 Å². The molecule has 2 atom stereocenters. The number of hydrogen-bond donors (Lipinski definition) is 1. The summed E-state index contributed by atoms with van der Waals surface area (Å²) in [5, 5.41) is 3.22. The van der Waals surface area contributed by atoms with Crippen molar-refractivity contribution in [2.75, 3.05) is 12.8 Å². The number of urea groups is 1. The second-order valence-electron chi connectivity index (χ2n) is 5.22. The van der Waals surface area contributed by atoms with Crippen LogP contribution in [0.4, 0.5) is 4.79 Å². The number of amides is 3. The van der Waals surface area contributed by atoms with E-state index in [9.17, 15) is 9.59 Å². The van der Waals surface area contributed by atoms with Crippen LogP contribution < -0.4 is 5.32 Å². The van der Waals surface area contributed by atoms with Crippen molar-refractivity contribution in [3.8, 4) is 0 Å². The van der Waals surface area contributed by atoms with E-state index >= 15 is 0 Å². The summed E-state index contributed by atoms with van der Waals surface area (Å²) in [5.74, 6) is 0.586. The third kappa shape index (κ3) is 2.56. The van der Waals surface area contributed by atoms with Gasteiger partial charge in [0.1, 0.15) is 0 Å². The van der Waals surface area contributed by atoms with Crippen LogP contribution in [-0.4, -0.2) is 51.9 Å². The van der Waals surface area contributed by atoms with Crippen molar-refractivity contribution in [1.29, 1.82) is 0 Å². The van der Waals surface area contributed by atoms with E-state index in [1.165, 1.54) is 4.90 Å². The molecule has 1 saturated heterocycles. The van der Waals surface area contributed by atoms with Gasteiger partial charge in [-0.1, -0.05) is 49.0 Å². The summed E-state index contributed by atoms with van der Waals surface area (Å²) >= 11 is 1.60. The smallest absolute Gasteiger partial charge is 0.325 e. The summed E-state index contributed by atoms with van der Waals surface area (Å²) < 4.78 is 0. The van der Waals surface area contributed by atoms with Gasteiger partial charge in [0.15, 0.2) is 17.4 Å². The van der Waals surface area contributed by atoms with Crippen LogP contribution in [0.15, 0.2) is 35.3 Å². The Morgan fingerprint density at radius 1 is 1.27 bits per heavy atom. The maximum atomic E-state index is 12.3. The molecule has 0 bridgehead atoms. The maximum absolute atomic E-state index is 12.3. The van der Waals surface area contributed by atoms with Crippen molar-refractivity contribution < 1.29 is 9.59 Å². The molecule has 6 nitrogen and oxygen atoms in total. The Morgan fingerprint density at radius 2 is 2.00 bits per heavy atom. The van der Waals surface area contributed by atoms with E-state index in [4.69, 9.17) is 0 Å². The molecule has 2 aliphatic rings. The number of nitrogens with one attached hydrogen (secondary N) is 1. The number of likely N-dealkylation sites (N-methyl/N-ethyl adjacent to an activating group) is 1. The highest BCUT2D eigenvalue weighted by Crippen LogP contribution is 2.29. The predicted octanol–water partition coefficient (Wildman–Crippen LogP) is 1.49. The third-order valence-electron chi connectivity index (χ3n) is 3.79. The number of hydrogen-bond acceptors (Lipinski definition) is 5. The molecule has 0 spiro atoms. The zero-order chi connectivity index (χ0) is 15.7. The molecule has 0 saturated carbocycles. The van der Waals surface area contributed by atoms with Gasteiger partial charge in [0, 0.05) is 13.6 Å². The van der Waals surface area contributed by atoms with Crippen LogP contribution in [0.1, 0.15) is 12.5 Å². The minimum atomic E-state index is -0.461. The lowest BCUT2D eigenvalue weighted by Crippen LogP contribution is -2.63. The van der Waals surface area contributed by atoms with Crippen LogP contribution in [0, 0.1) is 0 Å². The molecule has 0 aromatic heterocycles. The van der Waals surface area contributed by atoms with Gasteiger partial charge in [-0.15, -0.1) is 0 Å². The molecule has 2 unspecified atom stereocenters. The Labute approximate surface area is 133 Å². The van der Waals surface area contributed by atoms with Gasteiger partial charge in [-0.05, 0) is 11.3 Å². The van der Waals surface area contributed by atoms with Crippen LogP contribution in [0.3, 0.4) is 0 Å². The molecule has 116 valence electrons. The lowest BCUT2D eigenvalue weighted by atomic mass is 10.1. The molecule has 22 heavy (non-hydrogen) atoms. The number of rotatable bonds is 3. The van der Waals surface area contributed by atoms with Crippen LogP contribution in [0.25, 0.3) is 0 Å². The molecule has 1 N–H and O–H groups in total. The van der Waals surface area contributed by atoms with Crippen molar-refractivity contribution in [2.24, 2.45) is 4.99 Å². The van der Waals surface area contributed by atoms with Gasteiger partial charge < -0.3 is 9.80 Å². The fourth-order valence-corrected chi connectivity index (χ4v) is 3.48. The van der Waals surface area contributed by atoms with Gasteiger partial charge in [0.2, 0.25) is 0 Å². The highest BCUT2D eigenvalue weighted by Gasteiger charge is 2.48. The fraction of sp³-hybridized carbons (Fsp3) is 0.400. The minimum Gasteiger partial charge on any atom is -0.331 e. The summed E-state index contributed by atoms with van der Waals surface area (Å²) in [4.78, 5) is 32.2. The third-order valence-corrected chi connectivity index (χ3v) is 4.68. The predicted molar refractivity (Wildman–Crippen MR) is 86.4 cm³/mol. The van der Waals surface area contributed by atoms with Gasteiger partial charge >= 0.3 is 6.03 Å². The lowest BCUT2D eigenvalue weighted by molar-refractivity contribution is -0.127. The maximum Gasteiger partial charge on any atom is 0.325 e. The van der Waals surface area contributed by atoms with Crippen LogP contribution in [0.2, 0.25) is 0 Å². The van der Waals surface area contributed by atoms with Crippen molar-refractivity contribution >= 4 is 28.9 Å². The zero-order valence-electron chi connectivity index (χ0n) is 12.5. The Morgan fingerprint density at radius 3 is 2.68 bits per heavy atom. The molecule has 2 aliphatic heterocycles. The number of aliphatic imine (C=N–C) groups is 1. The SMILES string of the molecule is CCSC1=NC2C(C(=O)NC(=O)N2C)N1Cc1ccccc1. The normalized spacial score (nSPS) is 24.2. The van der Waals surface area contributed by atoms with E-state index in [1.807, 2.05) is 42.2 Å². The van der Waals surface area contributed by atoms with E-state index in [-0.39, 0.29) is 5.91 Å². The average Bonchev–Trinajstić information content (AvgIpc) is 2.86. The van der Waals surface area contributed by atoms with Gasteiger partial charge in [-0.2, -0.15) is 0 Å². The second kappa shape index (κ2) is 6.00. The second-order valence-corrected chi connectivity index (χ2v) is 6.45. The molecule has 2 heterocycles. The van der Waals surface area contributed by atoms with Gasteiger partial charge in [0.05, 0.1) is 0 Å². The number of thioether (sulfide) groups is 1. The molecule has 1 aromatic carbocycles. The van der Waals surface area contributed by atoms with Crippen molar-refractivity contribution in [3.05, 3.63) is 35.9 Å². The first-order chi connectivity index (χ1) is 10.6. The number of amidine groups is 1. The fourth-order valence-electron chi connectivity index (χ4n) is 2.70. The number of benzene rings is 1. The Bertz CT molecular complexity index is 619. The largest absolute Gasteiger partial charge is 0.331 e. The van der Waals surface area contributed by atoms with E-state index < -0.39 is 18.2 Å². The molecule has 1 aromatic rings. The summed E-state index contributed by atoms with van der Waals surface area (Å²) in [5.41, 5.74) is 1.11. The molecule has 0 radical (unpaired) electrons. The number of fused-ring (bicyclic) bond motifs is 1. The molecule has 7 heteroatoms. The molecule has 0 aliphatic carbocycles. The summed E-state index contributed by atoms with van der Waals surface area (Å²) in [6.45, 7) is 2.65. The first-order valence-electron chi connectivity index (χ1n) is 7.20. The van der Waals surface area contributed by atoms with Crippen LogP contribution in [-0.2, 0) is 11.3 Å². The first-order valence-corrected chi connectivity index (χ1v) is 8.19. The van der Waals surface area contributed by atoms with Crippen molar-refractivity contribution in [3.63, 3.8) is 0 Å². The number of carbonyl (C=O) groups excluding carboxylic acids is 2. The summed E-state index contributed by atoms with van der Waals surface area (Å²) in [6.07, 6.45) is -0.445. The summed E-state index contributed by atoms with van der Waals surface area (Å²) in [7, 11) is 1.67. The quantitative estimate of drug-likeness (QED) is 0.917. The minimum absolute atomic E-state index is 0.278. The highest BCUT2D eigenvalue weighted by molar-refractivity contribution is 8.13. The monoisotopic (exact) mass is 318 g/mol. The summed E-state index contributed by atoms with van der Waals surface area (Å²) in [6, 6.07) is 9.11. The van der Waals surface area contributed by atoms with Gasteiger partial charge in [-0.3, -0.25) is 10.1 Å². The Balaban J connectivity index is 1.91. The number of carbonyl (C=O) groups is 2. The molecule has 3 rings (SSSR count). The van der Waals surface area contributed by atoms with Crippen LogP contribution in [0.5, 0.6) is 0 Å².